The predicted octanol–water partition coefficient (Wildman–Crippen LogP) is 4.00. The molecule has 1 aliphatic carbocycles. The number of furan rings is 1. The first-order valence-electron chi connectivity index (χ1n) is 9.73. The monoisotopic (exact) mass is 390 g/mol. The van der Waals surface area contributed by atoms with Gasteiger partial charge < -0.3 is 14.5 Å². The second-order valence-electron chi connectivity index (χ2n) is 6.96. The zero-order valence-corrected chi connectivity index (χ0v) is 16.4. The fourth-order valence-corrected chi connectivity index (χ4v) is 3.65. The van der Waals surface area contributed by atoms with E-state index in [1.807, 2.05) is 49.4 Å². The zero-order valence-electron chi connectivity index (χ0n) is 16.4. The van der Waals surface area contributed by atoms with Crippen molar-refractivity contribution in [1.82, 2.24) is 10.3 Å². The Balaban J connectivity index is 1.78. The van der Waals surface area contributed by atoms with Gasteiger partial charge in [0, 0.05) is 11.9 Å². The van der Waals surface area contributed by atoms with Gasteiger partial charge in [-0.1, -0.05) is 18.2 Å². The third kappa shape index (κ3) is 3.66. The number of nitrogens with one attached hydrogen (secondary N) is 1. The SMILES string of the molecule is CCNC(=O)[C@@H](C)OC(=O)c1c2c(nc3ccccc13)/C(=C/c1ccco1)CC2. The minimum atomic E-state index is -0.871. The summed E-state index contributed by atoms with van der Waals surface area (Å²) in [6.07, 6.45) is 4.15. The lowest BCUT2D eigenvalue weighted by Crippen LogP contribution is -2.35. The second-order valence-corrected chi connectivity index (χ2v) is 6.96. The molecule has 0 saturated carbocycles. The molecule has 0 unspecified atom stereocenters. The fourth-order valence-electron chi connectivity index (χ4n) is 3.65. The van der Waals surface area contributed by atoms with Crippen molar-refractivity contribution in [1.29, 1.82) is 0 Å². The van der Waals surface area contributed by atoms with Crippen molar-refractivity contribution in [3.05, 3.63) is 65.2 Å². The van der Waals surface area contributed by atoms with Gasteiger partial charge in [0.25, 0.3) is 5.91 Å². The predicted molar refractivity (Wildman–Crippen MR) is 110 cm³/mol. The maximum Gasteiger partial charge on any atom is 0.339 e. The van der Waals surface area contributed by atoms with E-state index in [1.165, 1.54) is 0 Å². The summed E-state index contributed by atoms with van der Waals surface area (Å²) in [5.41, 5.74) is 3.87. The molecule has 0 bridgehead atoms. The summed E-state index contributed by atoms with van der Waals surface area (Å²) in [5.74, 6) is -0.0658. The van der Waals surface area contributed by atoms with Gasteiger partial charge in [-0.2, -0.15) is 0 Å². The van der Waals surface area contributed by atoms with E-state index in [0.29, 0.717) is 18.5 Å². The van der Waals surface area contributed by atoms with Crippen LogP contribution in [0.25, 0.3) is 22.6 Å². The van der Waals surface area contributed by atoms with Gasteiger partial charge in [0.05, 0.1) is 23.0 Å². The molecule has 1 amide bonds. The Morgan fingerprint density at radius 3 is 2.83 bits per heavy atom. The molecule has 2 heterocycles. The molecule has 29 heavy (non-hydrogen) atoms. The fraction of sp³-hybridized carbons (Fsp3) is 0.261. The number of hydrogen-bond acceptors (Lipinski definition) is 5. The molecule has 3 aromatic rings. The normalized spacial score (nSPS) is 15.3. The molecule has 4 rings (SSSR count). The van der Waals surface area contributed by atoms with Crippen LogP contribution in [0.4, 0.5) is 0 Å². The number of rotatable bonds is 5. The van der Waals surface area contributed by atoms with Crippen LogP contribution in [0.15, 0.2) is 47.1 Å². The summed E-state index contributed by atoms with van der Waals surface area (Å²) in [6.45, 7) is 3.88. The van der Waals surface area contributed by atoms with Crippen LogP contribution in [0.2, 0.25) is 0 Å². The minimum Gasteiger partial charge on any atom is -0.465 e. The van der Waals surface area contributed by atoms with Crippen molar-refractivity contribution in [3.8, 4) is 0 Å². The van der Waals surface area contributed by atoms with Gasteiger partial charge in [-0.15, -0.1) is 0 Å². The first-order chi connectivity index (χ1) is 14.1. The highest BCUT2D eigenvalue weighted by Crippen LogP contribution is 2.37. The number of fused-ring (bicyclic) bond motifs is 2. The Hall–Kier alpha value is -3.41. The highest BCUT2D eigenvalue weighted by atomic mass is 16.5. The van der Waals surface area contributed by atoms with Crippen molar-refractivity contribution in [2.45, 2.75) is 32.8 Å². The van der Waals surface area contributed by atoms with E-state index in [1.54, 1.807) is 13.2 Å². The largest absolute Gasteiger partial charge is 0.465 e. The third-order valence-corrected chi connectivity index (χ3v) is 5.01. The first-order valence-corrected chi connectivity index (χ1v) is 9.73. The van der Waals surface area contributed by atoms with E-state index in [2.05, 4.69) is 5.32 Å². The number of carbonyl (C=O) groups is 2. The van der Waals surface area contributed by atoms with Gasteiger partial charge in [0.15, 0.2) is 6.10 Å². The molecule has 0 spiro atoms. The number of carbonyl (C=O) groups excluding carboxylic acids is 2. The number of ether oxygens (including phenoxy) is 1. The van der Waals surface area contributed by atoms with Crippen LogP contribution in [0.3, 0.4) is 0 Å². The molecule has 6 heteroatoms. The Labute approximate surface area is 168 Å². The van der Waals surface area contributed by atoms with Crippen LogP contribution in [-0.2, 0) is 16.0 Å². The number of likely N-dealkylation sites (N-methyl/N-ethyl adjacent to an activating group) is 1. The van der Waals surface area contributed by atoms with Gasteiger partial charge in [0.1, 0.15) is 5.76 Å². The maximum absolute atomic E-state index is 13.1. The standard InChI is InChI=1S/C23H22N2O4/c1-3-24-22(26)14(2)29-23(27)20-17-8-4-5-9-19(17)25-21-15(10-11-18(20)21)13-16-7-6-12-28-16/h4-9,12-14H,3,10-11H2,1-2H3,(H,24,26)/b15-13+/t14-/m1/s1. The summed E-state index contributed by atoms with van der Waals surface area (Å²) in [4.78, 5) is 29.9. The number of esters is 1. The Morgan fingerprint density at radius 2 is 2.07 bits per heavy atom. The van der Waals surface area contributed by atoms with Gasteiger partial charge in [-0.3, -0.25) is 4.79 Å². The van der Waals surface area contributed by atoms with E-state index in [-0.39, 0.29) is 5.91 Å². The highest BCUT2D eigenvalue weighted by Gasteiger charge is 2.29. The van der Waals surface area contributed by atoms with Crippen molar-refractivity contribution in [3.63, 3.8) is 0 Å². The summed E-state index contributed by atoms with van der Waals surface area (Å²) in [5, 5.41) is 3.41. The summed E-state index contributed by atoms with van der Waals surface area (Å²) in [7, 11) is 0. The van der Waals surface area contributed by atoms with Crippen molar-refractivity contribution in [2.75, 3.05) is 6.54 Å². The lowest BCUT2D eigenvalue weighted by atomic mass is 10.0. The summed E-state index contributed by atoms with van der Waals surface area (Å²) in [6, 6.07) is 11.2. The smallest absolute Gasteiger partial charge is 0.339 e. The van der Waals surface area contributed by atoms with Crippen molar-refractivity contribution >= 4 is 34.4 Å². The van der Waals surface area contributed by atoms with Crippen LogP contribution in [0.5, 0.6) is 0 Å². The van der Waals surface area contributed by atoms with Crippen LogP contribution < -0.4 is 5.32 Å². The molecular weight excluding hydrogens is 368 g/mol. The number of hydrogen-bond donors (Lipinski definition) is 1. The average molecular weight is 390 g/mol. The van der Waals surface area contributed by atoms with E-state index in [9.17, 15) is 9.59 Å². The van der Waals surface area contributed by atoms with E-state index in [0.717, 1.165) is 39.9 Å². The van der Waals surface area contributed by atoms with E-state index < -0.39 is 12.1 Å². The molecule has 0 saturated heterocycles. The molecule has 1 atom stereocenters. The van der Waals surface area contributed by atoms with Crippen molar-refractivity contribution in [2.24, 2.45) is 0 Å². The Bertz CT molecular complexity index is 1100. The summed E-state index contributed by atoms with van der Waals surface area (Å²) >= 11 is 0. The second kappa shape index (κ2) is 7.91. The quantitative estimate of drug-likeness (QED) is 0.666. The summed E-state index contributed by atoms with van der Waals surface area (Å²) < 4.78 is 10.9. The van der Waals surface area contributed by atoms with Gasteiger partial charge in [-0.25, -0.2) is 9.78 Å². The molecule has 148 valence electrons. The molecule has 1 aliphatic rings. The Kier molecular flexibility index (Phi) is 5.16. The number of allylic oxidation sites excluding steroid dienone is 1. The third-order valence-electron chi connectivity index (χ3n) is 5.01. The molecule has 2 aromatic heterocycles. The van der Waals surface area contributed by atoms with Crippen LogP contribution in [-0.4, -0.2) is 29.5 Å². The van der Waals surface area contributed by atoms with Crippen molar-refractivity contribution < 1.29 is 18.7 Å². The minimum absolute atomic E-state index is 0.311. The molecule has 0 aliphatic heterocycles. The zero-order chi connectivity index (χ0) is 20.4. The average Bonchev–Trinajstić information content (AvgIpc) is 3.37. The van der Waals surface area contributed by atoms with Crippen LogP contribution in [0.1, 0.15) is 47.6 Å². The van der Waals surface area contributed by atoms with Crippen LogP contribution >= 0.6 is 0 Å². The number of benzene rings is 1. The van der Waals surface area contributed by atoms with Gasteiger partial charge in [-0.05, 0) is 62.1 Å². The number of amides is 1. The maximum atomic E-state index is 13.1. The van der Waals surface area contributed by atoms with Crippen LogP contribution in [0, 0.1) is 0 Å². The van der Waals surface area contributed by atoms with E-state index >= 15 is 0 Å². The number of para-hydroxylation sites is 1. The number of pyridine rings is 1. The molecule has 0 radical (unpaired) electrons. The molecule has 1 N–H and O–H groups in total. The van der Waals surface area contributed by atoms with Gasteiger partial charge in [0.2, 0.25) is 0 Å². The lowest BCUT2D eigenvalue weighted by molar-refractivity contribution is -0.128. The number of nitrogens with zero attached hydrogens (tertiary/aromatic N) is 1. The highest BCUT2D eigenvalue weighted by molar-refractivity contribution is 6.07. The molecule has 6 nitrogen and oxygen atoms in total. The lowest BCUT2D eigenvalue weighted by Gasteiger charge is -2.16. The van der Waals surface area contributed by atoms with E-state index in [4.69, 9.17) is 14.1 Å². The number of aromatic nitrogens is 1. The molecule has 0 fully saturated rings. The molecule has 1 aromatic carbocycles. The topological polar surface area (TPSA) is 81.4 Å². The first kappa shape index (κ1) is 18.9. The Morgan fingerprint density at radius 1 is 1.24 bits per heavy atom. The molecular formula is C23H22N2O4. The van der Waals surface area contributed by atoms with Gasteiger partial charge >= 0.3 is 5.97 Å².